The monoisotopic (exact) mass is 520 g/mol. The Morgan fingerprint density at radius 1 is 1.14 bits per heavy atom. The van der Waals surface area contributed by atoms with Gasteiger partial charge in [-0.3, -0.25) is 4.90 Å². The standard InChI is InChI=1S/C29H33ClN4O3/c1-2-36-29(35)34-16-13-24-25-19-22(30)9-12-26(25)32-27(24)28(34)21-7-10-23(11-8-21)37-18-6-4-3-5-15-33-17-14-31-20-33/h7-12,14,17,19-20,28,32H,2-6,13,15-16,18H2,1H3. The molecule has 7 nitrogen and oxygen atoms in total. The fourth-order valence-electron chi connectivity index (χ4n) is 5.12. The van der Waals surface area contributed by atoms with Crippen LogP contribution in [0.2, 0.25) is 5.02 Å². The number of imidazole rings is 1. The number of ether oxygens (including phenoxy) is 2. The average Bonchev–Trinajstić information content (AvgIpc) is 3.56. The molecule has 0 aliphatic carbocycles. The molecule has 0 bridgehead atoms. The highest BCUT2D eigenvalue weighted by atomic mass is 35.5. The van der Waals surface area contributed by atoms with Gasteiger partial charge in [-0.05, 0) is 67.6 Å². The number of benzene rings is 2. The first kappa shape index (κ1) is 25.2. The summed E-state index contributed by atoms with van der Waals surface area (Å²) in [6.45, 7) is 4.45. The van der Waals surface area contributed by atoms with Crippen molar-refractivity contribution in [3.8, 4) is 5.75 Å². The van der Waals surface area contributed by atoms with Crippen LogP contribution < -0.4 is 4.74 Å². The number of aryl methyl sites for hydroxylation is 1. The Balaban J connectivity index is 1.25. The van der Waals surface area contributed by atoms with Crippen molar-refractivity contribution in [3.05, 3.63) is 83.0 Å². The third-order valence-corrected chi connectivity index (χ3v) is 7.16. The van der Waals surface area contributed by atoms with Crippen LogP contribution in [0.5, 0.6) is 5.75 Å². The fraction of sp³-hybridized carbons (Fsp3) is 0.379. The van der Waals surface area contributed by atoms with Crippen molar-refractivity contribution in [1.29, 1.82) is 0 Å². The van der Waals surface area contributed by atoms with Gasteiger partial charge in [-0.25, -0.2) is 9.78 Å². The molecular weight excluding hydrogens is 488 g/mol. The molecule has 37 heavy (non-hydrogen) atoms. The van der Waals surface area contributed by atoms with E-state index in [2.05, 4.69) is 14.5 Å². The summed E-state index contributed by atoms with van der Waals surface area (Å²) in [6.07, 6.45) is 10.6. The molecule has 3 heterocycles. The summed E-state index contributed by atoms with van der Waals surface area (Å²) in [4.78, 5) is 22.3. The molecule has 1 aliphatic heterocycles. The summed E-state index contributed by atoms with van der Waals surface area (Å²) in [5.74, 6) is 0.837. The SMILES string of the molecule is CCOC(=O)N1CCc2c([nH]c3ccc(Cl)cc23)C1c1ccc(OCCCCCCn2ccnc2)cc1. The molecule has 1 atom stereocenters. The smallest absolute Gasteiger partial charge is 0.410 e. The maximum absolute atomic E-state index is 12.9. The number of nitrogens with one attached hydrogen (secondary N) is 1. The summed E-state index contributed by atoms with van der Waals surface area (Å²) in [5.41, 5.74) is 4.26. The van der Waals surface area contributed by atoms with E-state index in [9.17, 15) is 4.79 Å². The van der Waals surface area contributed by atoms with Crippen LogP contribution >= 0.6 is 11.6 Å². The number of hydrogen-bond donors (Lipinski definition) is 1. The number of halogens is 1. The van der Waals surface area contributed by atoms with Crippen LogP contribution in [0, 0.1) is 0 Å². The number of aromatic nitrogens is 3. The molecule has 1 aliphatic rings. The van der Waals surface area contributed by atoms with Crippen molar-refractivity contribution in [2.24, 2.45) is 0 Å². The van der Waals surface area contributed by atoms with Gasteiger partial charge >= 0.3 is 6.09 Å². The van der Waals surface area contributed by atoms with E-state index in [4.69, 9.17) is 21.1 Å². The number of fused-ring (bicyclic) bond motifs is 3. The van der Waals surface area contributed by atoms with Crippen molar-refractivity contribution in [2.75, 3.05) is 19.8 Å². The lowest BCUT2D eigenvalue weighted by Crippen LogP contribution is -2.40. The number of aromatic amines is 1. The number of carbonyl (C=O) groups excluding carboxylic acids is 1. The van der Waals surface area contributed by atoms with E-state index in [1.807, 2.05) is 73.0 Å². The first-order valence-corrected chi connectivity index (χ1v) is 13.4. The third-order valence-electron chi connectivity index (χ3n) is 6.93. The zero-order valence-corrected chi connectivity index (χ0v) is 21.9. The number of carbonyl (C=O) groups is 1. The van der Waals surface area contributed by atoms with E-state index in [0.717, 1.165) is 60.1 Å². The third kappa shape index (κ3) is 5.77. The van der Waals surface area contributed by atoms with Gasteiger partial charge in [0, 0.05) is 47.1 Å². The Labute approximate surface area is 222 Å². The second kappa shape index (κ2) is 11.7. The summed E-state index contributed by atoms with van der Waals surface area (Å²) < 4.78 is 13.5. The molecule has 0 spiro atoms. The maximum atomic E-state index is 12.9. The summed E-state index contributed by atoms with van der Waals surface area (Å²) >= 11 is 6.29. The van der Waals surface area contributed by atoms with Crippen LogP contribution in [-0.2, 0) is 17.7 Å². The van der Waals surface area contributed by atoms with Crippen molar-refractivity contribution in [3.63, 3.8) is 0 Å². The molecule has 5 rings (SSSR count). The molecule has 4 aromatic rings. The molecule has 2 aromatic heterocycles. The van der Waals surface area contributed by atoms with E-state index >= 15 is 0 Å². The Hall–Kier alpha value is -3.45. The largest absolute Gasteiger partial charge is 0.494 e. The van der Waals surface area contributed by atoms with Crippen LogP contribution in [0.25, 0.3) is 10.9 Å². The minimum absolute atomic E-state index is 0.265. The zero-order chi connectivity index (χ0) is 25.6. The van der Waals surface area contributed by atoms with Gasteiger partial charge in [0.05, 0.1) is 19.5 Å². The Kier molecular flexibility index (Phi) is 7.99. The predicted molar refractivity (Wildman–Crippen MR) is 145 cm³/mol. The van der Waals surface area contributed by atoms with E-state index < -0.39 is 0 Å². The van der Waals surface area contributed by atoms with E-state index in [0.29, 0.717) is 24.8 Å². The average molecular weight is 521 g/mol. The molecule has 0 saturated heterocycles. The van der Waals surface area contributed by atoms with E-state index in [1.54, 1.807) is 0 Å². The van der Waals surface area contributed by atoms with Crippen LogP contribution in [-0.4, -0.2) is 45.3 Å². The Bertz CT molecular complexity index is 1320. The summed E-state index contributed by atoms with van der Waals surface area (Å²) in [5, 5.41) is 1.82. The van der Waals surface area contributed by atoms with Crippen molar-refractivity contribution in [2.45, 2.75) is 51.6 Å². The van der Waals surface area contributed by atoms with Gasteiger partial charge in [-0.2, -0.15) is 0 Å². The molecule has 2 aromatic carbocycles. The number of rotatable bonds is 10. The zero-order valence-electron chi connectivity index (χ0n) is 21.2. The maximum Gasteiger partial charge on any atom is 0.410 e. The molecule has 8 heteroatoms. The van der Waals surface area contributed by atoms with Crippen LogP contribution in [0.4, 0.5) is 4.79 Å². The second-order valence-corrected chi connectivity index (χ2v) is 9.82. The van der Waals surface area contributed by atoms with Gasteiger partial charge in [0.25, 0.3) is 0 Å². The molecule has 0 saturated carbocycles. The summed E-state index contributed by atoms with van der Waals surface area (Å²) in [6, 6.07) is 13.7. The first-order valence-electron chi connectivity index (χ1n) is 13.1. The van der Waals surface area contributed by atoms with Gasteiger partial charge in [0.15, 0.2) is 0 Å². The van der Waals surface area contributed by atoms with Crippen LogP contribution in [0.15, 0.2) is 61.2 Å². The molecule has 0 radical (unpaired) electrons. The quantitative estimate of drug-likeness (QED) is 0.234. The number of hydrogen-bond acceptors (Lipinski definition) is 4. The summed E-state index contributed by atoms with van der Waals surface area (Å²) in [7, 11) is 0. The fourth-order valence-corrected chi connectivity index (χ4v) is 5.29. The molecular formula is C29H33ClN4O3. The van der Waals surface area contributed by atoms with Crippen molar-refractivity contribution >= 4 is 28.6 Å². The number of amides is 1. The Morgan fingerprint density at radius 3 is 2.76 bits per heavy atom. The van der Waals surface area contributed by atoms with Gasteiger partial charge < -0.3 is 19.0 Å². The highest BCUT2D eigenvalue weighted by Gasteiger charge is 2.35. The lowest BCUT2D eigenvalue weighted by Gasteiger charge is -2.35. The molecule has 1 unspecified atom stereocenters. The molecule has 1 amide bonds. The highest BCUT2D eigenvalue weighted by Crippen LogP contribution is 2.39. The van der Waals surface area contributed by atoms with Gasteiger partial charge in [0.1, 0.15) is 11.8 Å². The van der Waals surface area contributed by atoms with Crippen LogP contribution in [0.3, 0.4) is 0 Å². The van der Waals surface area contributed by atoms with Crippen LogP contribution in [0.1, 0.15) is 55.5 Å². The van der Waals surface area contributed by atoms with E-state index in [1.165, 1.54) is 12.0 Å². The normalized spacial score (nSPS) is 15.1. The topological polar surface area (TPSA) is 72.4 Å². The minimum atomic E-state index is -0.303. The first-order chi connectivity index (χ1) is 18.1. The lowest BCUT2D eigenvalue weighted by molar-refractivity contribution is 0.0932. The molecule has 194 valence electrons. The highest BCUT2D eigenvalue weighted by molar-refractivity contribution is 6.31. The second-order valence-electron chi connectivity index (χ2n) is 9.38. The van der Waals surface area contributed by atoms with E-state index in [-0.39, 0.29) is 12.1 Å². The molecule has 1 N–H and O–H groups in total. The predicted octanol–water partition coefficient (Wildman–Crippen LogP) is 6.76. The van der Waals surface area contributed by atoms with Crippen molar-refractivity contribution < 1.29 is 14.3 Å². The van der Waals surface area contributed by atoms with Crippen molar-refractivity contribution in [1.82, 2.24) is 19.4 Å². The number of nitrogens with zero attached hydrogens (tertiary/aromatic N) is 3. The van der Waals surface area contributed by atoms with Gasteiger partial charge in [-0.15, -0.1) is 0 Å². The minimum Gasteiger partial charge on any atom is -0.494 e. The lowest BCUT2D eigenvalue weighted by atomic mass is 9.92. The Morgan fingerprint density at radius 2 is 1.97 bits per heavy atom. The van der Waals surface area contributed by atoms with Gasteiger partial charge in [-0.1, -0.05) is 36.6 Å². The van der Waals surface area contributed by atoms with Gasteiger partial charge in [0.2, 0.25) is 0 Å². The molecule has 0 fully saturated rings. The number of unbranched alkanes of at least 4 members (excludes halogenated alkanes) is 3. The number of H-pyrrole nitrogens is 1.